The third-order valence-electron chi connectivity index (χ3n) is 3.08. The summed E-state index contributed by atoms with van der Waals surface area (Å²) in [4.78, 5) is 2.44. The highest BCUT2D eigenvalue weighted by molar-refractivity contribution is 4.82. The molecule has 0 spiro atoms. The summed E-state index contributed by atoms with van der Waals surface area (Å²) >= 11 is 0. The van der Waals surface area contributed by atoms with E-state index in [1.54, 1.807) is 0 Å². The molecule has 0 saturated carbocycles. The first kappa shape index (κ1) is 13.9. The lowest BCUT2D eigenvalue weighted by Crippen LogP contribution is -2.39. The molecule has 0 aromatic rings. The first-order valence-corrected chi connectivity index (χ1v) is 6.53. The monoisotopic (exact) mass is 228 g/mol. The van der Waals surface area contributed by atoms with Gasteiger partial charge in [0, 0.05) is 26.2 Å². The van der Waals surface area contributed by atoms with Gasteiger partial charge in [-0.05, 0) is 32.6 Å². The van der Waals surface area contributed by atoms with Crippen molar-refractivity contribution in [2.75, 3.05) is 26.2 Å². The van der Waals surface area contributed by atoms with Crippen LogP contribution in [0.4, 0.5) is 0 Å². The Morgan fingerprint density at radius 1 is 1.44 bits per heavy atom. The largest absolute Gasteiger partial charge is 0.371 e. The third kappa shape index (κ3) is 4.81. The molecule has 1 heterocycles. The second-order valence-electron chi connectivity index (χ2n) is 5.98. The van der Waals surface area contributed by atoms with E-state index in [0.29, 0.717) is 12.0 Å². The Labute approximate surface area is 100 Å². The Kier molecular flexibility index (Phi) is 5.22. The molecule has 0 aromatic carbocycles. The van der Waals surface area contributed by atoms with Gasteiger partial charge in [-0.15, -0.1) is 0 Å². The normalized spacial score (nSPS) is 24.6. The van der Waals surface area contributed by atoms with Crippen molar-refractivity contribution in [3.05, 3.63) is 0 Å². The van der Waals surface area contributed by atoms with Crippen LogP contribution in [0.2, 0.25) is 0 Å². The van der Waals surface area contributed by atoms with Gasteiger partial charge in [0.25, 0.3) is 0 Å². The van der Waals surface area contributed by atoms with Gasteiger partial charge in [0.1, 0.15) is 0 Å². The molecule has 1 rings (SSSR count). The summed E-state index contributed by atoms with van der Waals surface area (Å²) < 4.78 is 6.02. The van der Waals surface area contributed by atoms with E-state index in [1.165, 1.54) is 12.8 Å². The van der Waals surface area contributed by atoms with Crippen LogP contribution in [0.5, 0.6) is 0 Å². The molecule has 0 radical (unpaired) electrons. The van der Waals surface area contributed by atoms with E-state index in [-0.39, 0.29) is 5.60 Å². The topological polar surface area (TPSA) is 38.5 Å². The maximum absolute atomic E-state index is 6.02. The maximum Gasteiger partial charge on any atom is 0.0710 e. The van der Waals surface area contributed by atoms with Crippen molar-refractivity contribution < 1.29 is 4.74 Å². The molecule has 3 nitrogen and oxygen atoms in total. The Balaban J connectivity index is 2.37. The van der Waals surface area contributed by atoms with E-state index in [0.717, 1.165) is 26.2 Å². The Morgan fingerprint density at radius 3 is 2.56 bits per heavy atom. The molecular formula is C13H28N2O. The van der Waals surface area contributed by atoms with Crippen LogP contribution in [0.15, 0.2) is 0 Å². The number of ether oxygens (including phenoxy) is 1. The van der Waals surface area contributed by atoms with Crippen LogP contribution < -0.4 is 5.73 Å². The Bertz CT molecular complexity index is 204. The van der Waals surface area contributed by atoms with Gasteiger partial charge in [-0.25, -0.2) is 0 Å². The fourth-order valence-electron chi connectivity index (χ4n) is 2.45. The van der Waals surface area contributed by atoms with Crippen LogP contribution in [0.3, 0.4) is 0 Å². The molecule has 16 heavy (non-hydrogen) atoms. The smallest absolute Gasteiger partial charge is 0.0710 e. The van der Waals surface area contributed by atoms with Crippen molar-refractivity contribution >= 4 is 0 Å². The fourth-order valence-corrected chi connectivity index (χ4v) is 2.45. The molecule has 3 heteroatoms. The summed E-state index contributed by atoms with van der Waals surface area (Å²) in [5, 5.41) is 0. The molecular weight excluding hydrogens is 200 g/mol. The lowest BCUT2D eigenvalue weighted by atomic mass is 10.1. The Hall–Kier alpha value is -0.120. The second-order valence-corrected chi connectivity index (χ2v) is 5.98. The van der Waals surface area contributed by atoms with E-state index in [9.17, 15) is 0 Å². The van der Waals surface area contributed by atoms with E-state index in [4.69, 9.17) is 10.5 Å². The zero-order chi connectivity index (χ0) is 12.2. The van der Waals surface area contributed by atoms with E-state index in [1.807, 2.05) is 0 Å². The van der Waals surface area contributed by atoms with Crippen molar-refractivity contribution in [1.82, 2.24) is 4.90 Å². The van der Waals surface area contributed by atoms with Gasteiger partial charge < -0.3 is 10.5 Å². The number of nitrogens with zero attached hydrogens (tertiary/aromatic N) is 1. The average molecular weight is 228 g/mol. The minimum atomic E-state index is 0.0802. The zero-order valence-corrected chi connectivity index (χ0v) is 11.3. The van der Waals surface area contributed by atoms with Gasteiger partial charge in [0.2, 0.25) is 0 Å². The molecule has 1 fully saturated rings. The molecule has 1 saturated heterocycles. The SMILES string of the molecule is CC(C)CN(CCN)CC1CCC(C)(C)O1. The number of hydrogen-bond acceptors (Lipinski definition) is 3. The van der Waals surface area contributed by atoms with Crippen LogP contribution in [0.25, 0.3) is 0 Å². The highest BCUT2D eigenvalue weighted by Gasteiger charge is 2.32. The fraction of sp³-hybridized carbons (Fsp3) is 1.00. The minimum Gasteiger partial charge on any atom is -0.371 e. The summed E-state index contributed by atoms with van der Waals surface area (Å²) in [6.45, 7) is 12.8. The highest BCUT2D eigenvalue weighted by Crippen LogP contribution is 2.29. The van der Waals surface area contributed by atoms with Gasteiger partial charge in [-0.1, -0.05) is 13.8 Å². The summed E-state index contributed by atoms with van der Waals surface area (Å²) in [6.07, 6.45) is 2.77. The van der Waals surface area contributed by atoms with Crippen LogP contribution in [-0.2, 0) is 4.74 Å². The molecule has 0 amide bonds. The molecule has 96 valence electrons. The quantitative estimate of drug-likeness (QED) is 0.754. The van der Waals surface area contributed by atoms with Crippen LogP contribution in [0.1, 0.15) is 40.5 Å². The van der Waals surface area contributed by atoms with Crippen molar-refractivity contribution in [2.45, 2.75) is 52.2 Å². The first-order valence-electron chi connectivity index (χ1n) is 6.53. The zero-order valence-electron chi connectivity index (χ0n) is 11.3. The van der Waals surface area contributed by atoms with Crippen LogP contribution in [0, 0.1) is 5.92 Å². The van der Waals surface area contributed by atoms with Gasteiger partial charge >= 0.3 is 0 Å². The van der Waals surface area contributed by atoms with E-state index < -0.39 is 0 Å². The van der Waals surface area contributed by atoms with Crippen molar-refractivity contribution in [3.8, 4) is 0 Å². The standard InChI is InChI=1S/C13H28N2O/c1-11(2)9-15(8-7-14)10-12-5-6-13(3,4)16-12/h11-12H,5-10,14H2,1-4H3. The summed E-state index contributed by atoms with van der Waals surface area (Å²) in [7, 11) is 0. The number of rotatable bonds is 6. The van der Waals surface area contributed by atoms with E-state index >= 15 is 0 Å². The number of nitrogens with two attached hydrogens (primary N) is 1. The average Bonchev–Trinajstić information content (AvgIpc) is 2.44. The lowest BCUT2D eigenvalue weighted by Gasteiger charge is -2.27. The summed E-state index contributed by atoms with van der Waals surface area (Å²) in [5.74, 6) is 0.695. The molecule has 1 aliphatic rings. The highest BCUT2D eigenvalue weighted by atomic mass is 16.5. The third-order valence-corrected chi connectivity index (χ3v) is 3.08. The van der Waals surface area contributed by atoms with Gasteiger partial charge in [-0.3, -0.25) is 4.90 Å². The summed E-state index contributed by atoms with van der Waals surface area (Å²) in [5.41, 5.74) is 5.73. The molecule has 0 aliphatic carbocycles. The van der Waals surface area contributed by atoms with Crippen molar-refractivity contribution in [2.24, 2.45) is 11.7 Å². The molecule has 1 aliphatic heterocycles. The Morgan fingerprint density at radius 2 is 2.12 bits per heavy atom. The van der Waals surface area contributed by atoms with Gasteiger partial charge in [-0.2, -0.15) is 0 Å². The van der Waals surface area contributed by atoms with Crippen LogP contribution >= 0.6 is 0 Å². The molecule has 2 N–H and O–H groups in total. The molecule has 0 bridgehead atoms. The minimum absolute atomic E-state index is 0.0802. The predicted octanol–water partition coefficient (Wildman–Crippen LogP) is 1.86. The first-order chi connectivity index (χ1) is 7.43. The van der Waals surface area contributed by atoms with Crippen molar-refractivity contribution in [3.63, 3.8) is 0 Å². The molecule has 0 aromatic heterocycles. The number of hydrogen-bond donors (Lipinski definition) is 1. The molecule has 1 unspecified atom stereocenters. The summed E-state index contributed by atoms with van der Waals surface area (Å²) in [6, 6.07) is 0. The van der Waals surface area contributed by atoms with Gasteiger partial charge in [0.15, 0.2) is 0 Å². The van der Waals surface area contributed by atoms with Crippen molar-refractivity contribution in [1.29, 1.82) is 0 Å². The lowest BCUT2D eigenvalue weighted by molar-refractivity contribution is -0.0293. The second kappa shape index (κ2) is 5.99. The van der Waals surface area contributed by atoms with Gasteiger partial charge in [0.05, 0.1) is 11.7 Å². The predicted molar refractivity (Wildman–Crippen MR) is 68.5 cm³/mol. The van der Waals surface area contributed by atoms with Crippen LogP contribution in [-0.4, -0.2) is 42.8 Å². The molecule has 1 atom stereocenters. The maximum atomic E-state index is 6.02. The van der Waals surface area contributed by atoms with E-state index in [2.05, 4.69) is 32.6 Å².